The molecule has 5 nitrogen and oxygen atoms in total. The Hall–Kier alpha value is -2.60. The van der Waals surface area contributed by atoms with E-state index in [0.717, 1.165) is 27.6 Å². The van der Waals surface area contributed by atoms with Gasteiger partial charge in [-0.2, -0.15) is 0 Å². The Bertz CT molecular complexity index is 862. The summed E-state index contributed by atoms with van der Waals surface area (Å²) < 4.78 is 11.4. The van der Waals surface area contributed by atoms with E-state index in [1.165, 1.54) is 0 Å². The molecule has 6 heteroatoms. The molecular formula is C19H20N2O3S. The van der Waals surface area contributed by atoms with Crippen LogP contribution in [0.1, 0.15) is 21.9 Å². The van der Waals surface area contributed by atoms with Gasteiger partial charge in [0.1, 0.15) is 17.2 Å². The Morgan fingerprint density at radius 2 is 1.96 bits per heavy atom. The highest BCUT2D eigenvalue weighted by molar-refractivity contribution is 7.09. The van der Waals surface area contributed by atoms with Crippen molar-refractivity contribution in [2.45, 2.75) is 27.3 Å². The quantitative estimate of drug-likeness (QED) is 0.724. The third-order valence-corrected chi connectivity index (χ3v) is 4.52. The number of aromatic nitrogens is 1. The molecule has 0 atom stereocenters. The van der Waals surface area contributed by atoms with Gasteiger partial charge in [-0.1, -0.05) is 18.2 Å². The molecule has 25 heavy (non-hydrogen) atoms. The first-order valence-electron chi connectivity index (χ1n) is 8.00. The van der Waals surface area contributed by atoms with Crippen molar-refractivity contribution in [1.82, 2.24) is 10.3 Å². The first kappa shape index (κ1) is 17.2. The molecule has 2 heterocycles. The van der Waals surface area contributed by atoms with Crippen LogP contribution in [0.2, 0.25) is 0 Å². The van der Waals surface area contributed by atoms with E-state index in [4.69, 9.17) is 9.15 Å². The monoisotopic (exact) mass is 356 g/mol. The van der Waals surface area contributed by atoms with Crippen LogP contribution >= 0.6 is 11.3 Å². The van der Waals surface area contributed by atoms with E-state index in [1.807, 2.05) is 56.5 Å². The van der Waals surface area contributed by atoms with E-state index >= 15 is 0 Å². The fraction of sp³-hybridized carbons (Fsp3) is 0.263. The molecule has 0 unspecified atom stereocenters. The van der Waals surface area contributed by atoms with E-state index in [1.54, 1.807) is 11.3 Å². The summed E-state index contributed by atoms with van der Waals surface area (Å²) in [5.41, 5.74) is 2.85. The topological polar surface area (TPSA) is 64.4 Å². The highest BCUT2D eigenvalue weighted by atomic mass is 32.1. The number of hydrogen-bond acceptors (Lipinski definition) is 5. The summed E-state index contributed by atoms with van der Waals surface area (Å²) in [4.78, 5) is 16.4. The van der Waals surface area contributed by atoms with Gasteiger partial charge in [0.2, 0.25) is 0 Å². The summed E-state index contributed by atoms with van der Waals surface area (Å²) in [6.45, 7) is 6.17. The predicted octanol–water partition coefficient (Wildman–Crippen LogP) is 4.02. The maximum absolute atomic E-state index is 12.0. The van der Waals surface area contributed by atoms with Gasteiger partial charge in [0, 0.05) is 5.38 Å². The molecule has 0 saturated carbocycles. The molecule has 3 aromatic rings. The second-order valence-electron chi connectivity index (χ2n) is 5.80. The highest BCUT2D eigenvalue weighted by Crippen LogP contribution is 2.24. The lowest BCUT2D eigenvalue weighted by atomic mass is 10.1. The number of para-hydroxylation sites is 1. The van der Waals surface area contributed by atoms with Crippen molar-refractivity contribution >= 4 is 17.2 Å². The molecule has 0 aliphatic carbocycles. The lowest BCUT2D eigenvalue weighted by Crippen LogP contribution is -2.28. The molecule has 0 aliphatic heterocycles. The Kier molecular flexibility index (Phi) is 5.19. The number of thiazole rings is 1. The lowest BCUT2D eigenvalue weighted by Gasteiger charge is -2.11. The van der Waals surface area contributed by atoms with Gasteiger partial charge in [-0.15, -0.1) is 11.3 Å². The Balaban J connectivity index is 1.52. The van der Waals surface area contributed by atoms with Crippen molar-refractivity contribution in [1.29, 1.82) is 0 Å². The van der Waals surface area contributed by atoms with Crippen molar-refractivity contribution in [2.24, 2.45) is 0 Å². The van der Waals surface area contributed by atoms with E-state index < -0.39 is 0 Å². The molecule has 3 rings (SSSR count). The van der Waals surface area contributed by atoms with Gasteiger partial charge in [-0.25, -0.2) is 4.98 Å². The first-order valence-corrected chi connectivity index (χ1v) is 8.88. The number of nitrogens with zero attached hydrogens (tertiary/aromatic N) is 1. The van der Waals surface area contributed by atoms with E-state index in [9.17, 15) is 4.79 Å². The maximum Gasteiger partial charge on any atom is 0.258 e. The van der Waals surface area contributed by atoms with Crippen molar-refractivity contribution in [3.05, 3.63) is 57.6 Å². The highest BCUT2D eigenvalue weighted by Gasteiger charge is 2.10. The molecule has 0 radical (unpaired) electrons. The number of aryl methyl sites for hydroxylation is 3. The van der Waals surface area contributed by atoms with E-state index in [-0.39, 0.29) is 12.5 Å². The number of benzene rings is 1. The van der Waals surface area contributed by atoms with E-state index in [2.05, 4.69) is 10.3 Å². The largest absolute Gasteiger partial charge is 0.483 e. The number of nitrogens with one attached hydrogen (secondary N) is 1. The van der Waals surface area contributed by atoms with Crippen molar-refractivity contribution in [3.63, 3.8) is 0 Å². The van der Waals surface area contributed by atoms with Crippen molar-refractivity contribution < 1.29 is 13.9 Å². The number of rotatable bonds is 6. The molecule has 1 aromatic carbocycles. The van der Waals surface area contributed by atoms with E-state index in [0.29, 0.717) is 18.1 Å². The van der Waals surface area contributed by atoms with Gasteiger partial charge in [0.15, 0.2) is 12.4 Å². The number of furan rings is 1. The molecule has 2 aromatic heterocycles. The standard InChI is InChI=1S/C19H20N2O3S/c1-12-5-4-6-13(2)19(12)23-10-18(22)20-9-15-7-8-17(24-15)16-11-25-14(3)21-16/h4-8,11H,9-10H2,1-3H3,(H,20,22). The summed E-state index contributed by atoms with van der Waals surface area (Å²) in [5, 5.41) is 5.75. The number of ether oxygens (including phenoxy) is 1. The zero-order valence-electron chi connectivity index (χ0n) is 14.5. The summed E-state index contributed by atoms with van der Waals surface area (Å²) in [5.74, 6) is 1.96. The van der Waals surface area contributed by atoms with Gasteiger partial charge in [0.25, 0.3) is 5.91 Å². The van der Waals surface area contributed by atoms with Crippen LogP contribution in [0.15, 0.2) is 40.1 Å². The summed E-state index contributed by atoms with van der Waals surface area (Å²) in [6.07, 6.45) is 0. The number of amides is 1. The molecule has 0 saturated heterocycles. The normalized spacial score (nSPS) is 10.7. The fourth-order valence-corrected chi connectivity index (χ4v) is 3.09. The van der Waals surface area contributed by atoms with Crippen LogP contribution in [0.25, 0.3) is 11.5 Å². The molecular weight excluding hydrogens is 336 g/mol. The zero-order chi connectivity index (χ0) is 17.8. The van der Waals surface area contributed by atoms with Crippen LogP contribution in [0, 0.1) is 20.8 Å². The van der Waals surface area contributed by atoms with Crippen LogP contribution in [0.3, 0.4) is 0 Å². The maximum atomic E-state index is 12.0. The van der Waals surface area contributed by atoms with Crippen molar-refractivity contribution in [2.75, 3.05) is 6.61 Å². The van der Waals surface area contributed by atoms with Gasteiger partial charge in [-0.05, 0) is 44.0 Å². The van der Waals surface area contributed by atoms with Crippen LogP contribution in [0.4, 0.5) is 0 Å². The molecule has 0 aliphatic rings. The Labute approximate surface area is 150 Å². The zero-order valence-corrected chi connectivity index (χ0v) is 15.3. The predicted molar refractivity (Wildman–Crippen MR) is 97.8 cm³/mol. The number of carbonyl (C=O) groups is 1. The van der Waals surface area contributed by atoms with Gasteiger partial charge >= 0.3 is 0 Å². The Morgan fingerprint density at radius 3 is 2.64 bits per heavy atom. The van der Waals surface area contributed by atoms with Gasteiger partial charge in [-0.3, -0.25) is 4.79 Å². The van der Waals surface area contributed by atoms with Crippen LogP contribution in [-0.2, 0) is 11.3 Å². The summed E-state index contributed by atoms with van der Waals surface area (Å²) in [7, 11) is 0. The third kappa shape index (κ3) is 4.28. The van der Waals surface area contributed by atoms with Crippen LogP contribution in [0.5, 0.6) is 5.75 Å². The molecule has 1 N–H and O–H groups in total. The minimum Gasteiger partial charge on any atom is -0.483 e. The van der Waals surface area contributed by atoms with Crippen LogP contribution < -0.4 is 10.1 Å². The fourth-order valence-electron chi connectivity index (χ4n) is 2.49. The average molecular weight is 356 g/mol. The number of carbonyl (C=O) groups excluding carboxylic acids is 1. The molecule has 0 fully saturated rings. The molecule has 0 spiro atoms. The SMILES string of the molecule is Cc1nc(-c2ccc(CNC(=O)COc3c(C)cccc3C)o2)cs1. The minimum absolute atomic E-state index is 0.0233. The number of hydrogen-bond donors (Lipinski definition) is 1. The third-order valence-electron chi connectivity index (χ3n) is 3.75. The van der Waals surface area contributed by atoms with Gasteiger partial charge in [0.05, 0.1) is 11.6 Å². The second kappa shape index (κ2) is 7.53. The summed E-state index contributed by atoms with van der Waals surface area (Å²) in [6, 6.07) is 9.60. The smallest absolute Gasteiger partial charge is 0.258 e. The first-order chi connectivity index (χ1) is 12.0. The van der Waals surface area contributed by atoms with Crippen LogP contribution in [-0.4, -0.2) is 17.5 Å². The van der Waals surface area contributed by atoms with Crippen molar-refractivity contribution in [3.8, 4) is 17.2 Å². The lowest BCUT2D eigenvalue weighted by molar-refractivity contribution is -0.123. The molecule has 1 amide bonds. The minimum atomic E-state index is -0.190. The Morgan fingerprint density at radius 1 is 1.20 bits per heavy atom. The second-order valence-corrected chi connectivity index (χ2v) is 6.87. The van der Waals surface area contributed by atoms with Gasteiger partial charge < -0.3 is 14.5 Å². The summed E-state index contributed by atoms with van der Waals surface area (Å²) >= 11 is 1.58. The average Bonchev–Trinajstić information content (AvgIpc) is 3.21. The molecule has 0 bridgehead atoms. The molecule has 130 valence electrons.